The number of hydrogen-bond donors (Lipinski definition) is 1. The number of allylic oxidation sites excluding steroid dienone is 1. The summed E-state index contributed by atoms with van der Waals surface area (Å²) in [6.07, 6.45) is 4.02. The van der Waals surface area contributed by atoms with Gasteiger partial charge in [-0.3, -0.25) is 0 Å². The Balaban J connectivity index is 0.000000213. The van der Waals surface area contributed by atoms with Crippen LogP contribution in [-0.2, 0) is 6.42 Å². The smallest absolute Gasteiger partial charge is 0.0184 e. The SMILES string of the molecule is C=CCc1c(O)c(OC)cc2nc([AsH2])ncc12.c1cc2ccc1-2. The molecule has 0 saturated heterocycles. The number of phenolic OH excluding ortho intramolecular Hbond substituents is 1. The summed E-state index contributed by atoms with van der Waals surface area (Å²) in [5, 5.41) is 10.9. The molecule has 23 heavy (non-hydrogen) atoms. The number of aromatic hydroxyl groups is 1. The predicted octanol–water partition coefficient (Wildman–Crippen LogP) is 2.00. The van der Waals surface area contributed by atoms with Crippen molar-refractivity contribution in [2.45, 2.75) is 6.42 Å². The van der Waals surface area contributed by atoms with E-state index in [9.17, 15) is 5.11 Å². The first-order chi connectivity index (χ1) is 11.1. The molecule has 4 nitrogen and oxygen atoms in total. The van der Waals surface area contributed by atoms with E-state index >= 15 is 0 Å². The van der Waals surface area contributed by atoms with Crippen molar-refractivity contribution in [2.24, 2.45) is 0 Å². The third-order valence-electron chi connectivity index (χ3n) is 3.74. The van der Waals surface area contributed by atoms with E-state index in [1.165, 1.54) is 35.1 Å². The number of fused-ring (bicyclic) bond motifs is 2. The minimum Gasteiger partial charge on any atom is -0.0538 e. The zero-order valence-electron chi connectivity index (χ0n) is 12.8. The Labute approximate surface area is 143 Å². The number of hydrogen-bond acceptors (Lipinski definition) is 4. The van der Waals surface area contributed by atoms with Gasteiger partial charge in [-0.15, -0.1) is 0 Å². The van der Waals surface area contributed by atoms with Crippen LogP contribution < -0.4 is 9.35 Å². The van der Waals surface area contributed by atoms with Crippen LogP contribution in [0.1, 0.15) is 5.56 Å². The minimum atomic E-state index is 0.137. The van der Waals surface area contributed by atoms with E-state index in [0.29, 0.717) is 12.2 Å². The van der Waals surface area contributed by atoms with Crippen molar-refractivity contribution in [3.05, 3.63) is 54.7 Å². The first kappa shape index (κ1) is 15.6. The summed E-state index contributed by atoms with van der Waals surface area (Å²) in [6.45, 7) is 3.69. The number of rotatable bonds is 3. The van der Waals surface area contributed by atoms with Gasteiger partial charge in [-0.25, -0.2) is 0 Å². The standard InChI is InChI=1S/C12H13AsN2O2.C6H4/c1-3-4-7-8-6-14-12(13)15-9(8)5-10(17-2)11(7)16;1-2-6-4-3-5(1)6/h3,5-6,16H,1,4,13H2,2H3;1-4H. The number of methoxy groups -OCH3 is 1. The molecule has 0 radical (unpaired) electrons. The summed E-state index contributed by atoms with van der Waals surface area (Å²) in [5.74, 6) is 0.567. The molecule has 0 bridgehead atoms. The van der Waals surface area contributed by atoms with Gasteiger partial charge in [-0.1, -0.05) is 24.3 Å². The molecule has 1 aromatic carbocycles. The quantitative estimate of drug-likeness (QED) is 0.444. The molecule has 1 N–H and O–H groups in total. The van der Waals surface area contributed by atoms with Crippen molar-refractivity contribution >= 4 is 32.4 Å². The molecule has 2 aliphatic rings. The van der Waals surface area contributed by atoms with Gasteiger partial charge in [0, 0.05) is 0 Å². The fourth-order valence-corrected chi connectivity index (χ4v) is 2.84. The topological polar surface area (TPSA) is 55.2 Å². The third kappa shape index (κ3) is 2.95. The van der Waals surface area contributed by atoms with Crippen molar-refractivity contribution in [1.82, 2.24) is 9.97 Å². The molecular formula is C18H17AsN2O2. The van der Waals surface area contributed by atoms with Gasteiger partial charge in [0.05, 0.1) is 0 Å². The van der Waals surface area contributed by atoms with E-state index in [1.54, 1.807) is 18.3 Å². The molecule has 0 fully saturated rings. The van der Waals surface area contributed by atoms with Gasteiger partial charge in [0.15, 0.2) is 0 Å². The Bertz CT molecular complexity index is 855. The molecule has 0 saturated carbocycles. The van der Waals surface area contributed by atoms with Crippen molar-refractivity contribution in [2.75, 3.05) is 7.11 Å². The van der Waals surface area contributed by atoms with E-state index < -0.39 is 0 Å². The van der Waals surface area contributed by atoms with Crippen molar-refractivity contribution < 1.29 is 9.84 Å². The molecule has 0 amide bonds. The van der Waals surface area contributed by atoms with Crippen LogP contribution in [0.15, 0.2) is 49.2 Å². The van der Waals surface area contributed by atoms with Crippen LogP contribution >= 0.6 is 0 Å². The second-order valence-corrected chi connectivity index (χ2v) is 6.22. The number of benzene rings is 2. The van der Waals surface area contributed by atoms with Gasteiger partial charge in [-0.05, 0) is 11.1 Å². The molecule has 1 unspecified atom stereocenters. The van der Waals surface area contributed by atoms with E-state index in [1.807, 2.05) is 0 Å². The first-order valence-electron chi connectivity index (χ1n) is 7.16. The molecule has 1 heterocycles. The van der Waals surface area contributed by atoms with E-state index in [4.69, 9.17) is 4.74 Å². The zero-order valence-corrected chi connectivity index (χ0v) is 15.2. The molecule has 0 spiro atoms. The Hall–Kier alpha value is -2.32. The van der Waals surface area contributed by atoms with E-state index in [0.717, 1.165) is 21.1 Å². The Morgan fingerprint density at radius 1 is 1.26 bits per heavy atom. The number of nitrogens with zero attached hydrogens (tertiary/aromatic N) is 2. The molecule has 116 valence electrons. The van der Waals surface area contributed by atoms with Crippen molar-refractivity contribution in [3.8, 4) is 22.6 Å². The van der Waals surface area contributed by atoms with E-state index in [-0.39, 0.29) is 5.75 Å². The molecule has 5 heteroatoms. The molecular weight excluding hydrogens is 351 g/mol. The predicted molar refractivity (Wildman–Crippen MR) is 95.3 cm³/mol. The van der Waals surface area contributed by atoms with Gasteiger partial charge in [0.1, 0.15) is 0 Å². The van der Waals surface area contributed by atoms with E-state index in [2.05, 4.69) is 40.8 Å². The summed E-state index contributed by atoms with van der Waals surface area (Å²) in [6, 6.07) is 10.2. The van der Waals surface area contributed by atoms with Gasteiger partial charge in [-0.2, -0.15) is 0 Å². The van der Waals surface area contributed by atoms with Crippen LogP contribution in [0, 0.1) is 0 Å². The monoisotopic (exact) mass is 368 g/mol. The van der Waals surface area contributed by atoms with Gasteiger partial charge < -0.3 is 0 Å². The fourth-order valence-electron chi connectivity index (χ4n) is 2.39. The molecule has 2 aliphatic carbocycles. The van der Waals surface area contributed by atoms with Crippen molar-refractivity contribution in [1.29, 1.82) is 0 Å². The largest absolute Gasteiger partial charge is 0.0538 e. The normalized spacial score (nSPS) is 10.7. The molecule has 0 aliphatic heterocycles. The summed E-state index contributed by atoms with van der Waals surface area (Å²) in [7, 11) is 1.52. The number of aromatic nitrogens is 2. The average molecular weight is 368 g/mol. The summed E-state index contributed by atoms with van der Waals surface area (Å²) in [5.41, 5.74) is 4.39. The van der Waals surface area contributed by atoms with Gasteiger partial charge in [0.25, 0.3) is 0 Å². The fraction of sp³-hybridized carbons (Fsp3) is 0.111. The Morgan fingerprint density at radius 2 is 1.91 bits per heavy atom. The Kier molecular flexibility index (Phi) is 4.35. The van der Waals surface area contributed by atoms with Gasteiger partial charge in [0.2, 0.25) is 0 Å². The Morgan fingerprint density at radius 3 is 2.39 bits per heavy atom. The summed E-state index contributed by atoms with van der Waals surface area (Å²) >= 11 is 1.36. The molecule has 1 atom stereocenters. The van der Waals surface area contributed by atoms with Crippen LogP contribution in [0.2, 0.25) is 0 Å². The van der Waals surface area contributed by atoms with Crippen LogP contribution in [0.25, 0.3) is 22.0 Å². The maximum atomic E-state index is 10.1. The minimum absolute atomic E-state index is 0.137. The van der Waals surface area contributed by atoms with Crippen LogP contribution in [0.4, 0.5) is 0 Å². The van der Waals surface area contributed by atoms with Crippen molar-refractivity contribution in [3.63, 3.8) is 0 Å². The number of phenols is 1. The second-order valence-electron chi connectivity index (χ2n) is 5.14. The molecule has 4 rings (SSSR count). The average Bonchev–Trinajstić information content (AvgIpc) is 2.53. The first-order valence-corrected chi connectivity index (χ1v) is 8.37. The molecule has 1 aromatic heterocycles. The van der Waals surface area contributed by atoms with Crippen LogP contribution in [0.5, 0.6) is 11.5 Å². The summed E-state index contributed by atoms with van der Waals surface area (Å²) in [4.78, 5) is 8.54. The maximum absolute atomic E-state index is 10.1. The number of ether oxygens (including phenoxy) is 1. The van der Waals surface area contributed by atoms with Crippen LogP contribution in [0.3, 0.4) is 0 Å². The maximum Gasteiger partial charge on any atom is -0.0184 e. The van der Waals surface area contributed by atoms with Gasteiger partial charge >= 0.3 is 108 Å². The molecule has 2 aromatic rings. The second kappa shape index (κ2) is 6.43. The summed E-state index contributed by atoms with van der Waals surface area (Å²) < 4.78 is 5.89. The third-order valence-corrected chi connectivity index (χ3v) is 4.32. The zero-order chi connectivity index (χ0) is 16.4. The van der Waals surface area contributed by atoms with Crippen LogP contribution in [-0.4, -0.2) is 39.0 Å².